The largest absolute Gasteiger partial charge is 0.324 e. The first kappa shape index (κ1) is 14.6. The summed E-state index contributed by atoms with van der Waals surface area (Å²) < 4.78 is 3.57. The highest BCUT2D eigenvalue weighted by atomic mass is 16.2. The summed E-state index contributed by atoms with van der Waals surface area (Å²) in [5, 5.41) is 15.2. The molecule has 1 aliphatic heterocycles. The second-order valence-corrected chi connectivity index (χ2v) is 5.92. The normalized spacial score (nSPS) is 15.8. The number of carbonyl (C=O) groups is 1. The first-order chi connectivity index (χ1) is 11.7. The van der Waals surface area contributed by atoms with Crippen LogP contribution in [0.4, 0.5) is 10.6 Å². The molecular weight excluding hydrogens is 308 g/mol. The molecule has 0 atom stereocenters. The number of urea groups is 1. The van der Waals surface area contributed by atoms with Gasteiger partial charge in [0.1, 0.15) is 18.0 Å². The van der Waals surface area contributed by atoms with Crippen LogP contribution in [0.2, 0.25) is 0 Å². The highest BCUT2D eigenvalue weighted by Crippen LogP contribution is 2.26. The first-order valence-electron chi connectivity index (χ1n) is 7.91. The molecule has 0 bridgehead atoms. The van der Waals surface area contributed by atoms with Crippen molar-refractivity contribution in [3.8, 4) is 0 Å². The lowest BCUT2D eigenvalue weighted by atomic mass is 9.96. The number of hydrogen-bond acceptors (Lipinski definition) is 5. The number of anilines is 1. The summed E-state index contributed by atoms with van der Waals surface area (Å²) in [5.41, 5.74) is 0.703. The minimum absolute atomic E-state index is 0.116. The lowest BCUT2D eigenvalue weighted by Gasteiger charge is -2.31. The van der Waals surface area contributed by atoms with Gasteiger partial charge in [0.15, 0.2) is 5.65 Å². The van der Waals surface area contributed by atoms with Crippen molar-refractivity contribution in [2.24, 2.45) is 7.05 Å². The summed E-state index contributed by atoms with van der Waals surface area (Å²) in [5.74, 6) is 1.95. The van der Waals surface area contributed by atoms with Crippen LogP contribution in [0.3, 0.4) is 0 Å². The number of carbonyl (C=O) groups excluding carboxylic acids is 1. The maximum atomic E-state index is 12.5. The fourth-order valence-corrected chi connectivity index (χ4v) is 3.12. The first-order valence-corrected chi connectivity index (χ1v) is 7.91. The molecule has 2 amide bonds. The van der Waals surface area contributed by atoms with Gasteiger partial charge < -0.3 is 9.47 Å². The van der Waals surface area contributed by atoms with Crippen LogP contribution in [0.25, 0.3) is 5.65 Å². The number of aryl methyl sites for hydroxylation is 1. The van der Waals surface area contributed by atoms with Crippen LogP contribution < -0.4 is 5.32 Å². The van der Waals surface area contributed by atoms with Gasteiger partial charge in [-0.25, -0.2) is 9.78 Å². The van der Waals surface area contributed by atoms with E-state index < -0.39 is 0 Å². The smallest absolute Gasteiger partial charge is 0.323 e. The fraction of sp³-hybridized carbons (Fsp3) is 0.400. The SMILES string of the molecule is Cn1cnnc1C1CCN(C(=O)Nc2ccnc3ccnn23)CC1. The summed E-state index contributed by atoms with van der Waals surface area (Å²) in [7, 11) is 1.95. The van der Waals surface area contributed by atoms with Crippen molar-refractivity contribution >= 4 is 17.5 Å². The Bertz CT molecular complexity index is 861. The van der Waals surface area contributed by atoms with E-state index in [2.05, 4.69) is 25.6 Å². The van der Waals surface area contributed by atoms with E-state index in [0.717, 1.165) is 18.7 Å². The molecule has 3 aromatic rings. The Balaban J connectivity index is 1.41. The molecule has 1 saturated heterocycles. The van der Waals surface area contributed by atoms with E-state index in [9.17, 15) is 4.79 Å². The summed E-state index contributed by atoms with van der Waals surface area (Å²) in [6.45, 7) is 1.38. The van der Waals surface area contributed by atoms with Crippen molar-refractivity contribution in [2.75, 3.05) is 18.4 Å². The zero-order valence-electron chi connectivity index (χ0n) is 13.3. The Hall–Kier alpha value is -2.97. The van der Waals surface area contributed by atoms with Gasteiger partial charge in [0.25, 0.3) is 0 Å². The van der Waals surface area contributed by atoms with Crippen LogP contribution in [-0.2, 0) is 7.05 Å². The number of aromatic nitrogens is 6. The van der Waals surface area contributed by atoms with Crippen LogP contribution >= 0.6 is 0 Å². The molecule has 0 radical (unpaired) electrons. The van der Waals surface area contributed by atoms with E-state index in [1.165, 1.54) is 0 Å². The van der Waals surface area contributed by atoms with E-state index in [4.69, 9.17) is 0 Å². The number of nitrogens with one attached hydrogen (secondary N) is 1. The Kier molecular flexibility index (Phi) is 3.60. The van der Waals surface area contributed by atoms with Crippen molar-refractivity contribution in [2.45, 2.75) is 18.8 Å². The van der Waals surface area contributed by atoms with Crippen LogP contribution in [0, 0.1) is 0 Å². The maximum Gasteiger partial charge on any atom is 0.323 e. The third-order valence-electron chi connectivity index (χ3n) is 4.42. The predicted molar refractivity (Wildman–Crippen MR) is 86.6 cm³/mol. The molecule has 1 fully saturated rings. The number of nitrogens with zero attached hydrogens (tertiary/aromatic N) is 7. The molecule has 9 heteroatoms. The molecule has 4 rings (SSSR count). The van der Waals surface area contributed by atoms with Gasteiger partial charge in [-0.05, 0) is 18.9 Å². The van der Waals surface area contributed by atoms with Gasteiger partial charge in [0.05, 0.1) is 6.20 Å². The molecular formula is C15H18N8O. The minimum Gasteiger partial charge on any atom is -0.324 e. The number of fused-ring (bicyclic) bond motifs is 1. The average Bonchev–Trinajstić information content (AvgIpc) is 3.24. The van der Waals surface area contributed by atoms with E-state index in [0.29, 0.717) is 30.5 Å². The maximum absolute atomic E-state index is 12.5. The molecule has 1 aliphatic rings. The van der Waals surface area contributed by atoms with Crippen molar-refractivity contribution in [3.05, 3.63) is 36.7 Å². The predicted octanol–water partition coefficient (Wildman–Crippen LogP) is 1.27. The van der Waals surface area contributed by atoms with Gasteiger partial charge in [-0.2, -0.15) is 9.61 Å². The second-order valence-electron chi connectivity index (χ2n) is 5.92. The lowest BCUT2D eigenvalue weighted by molar-refractivity contribution is 0.193. The average molecular weight is 326 g/mol. The molecule has 4 heterocycles. The van der Waals surface area contributed by atoms with E-state index in [1.807, 2.05) is 16.5 Å². The van der Waals surface area contributed by atoms with Gasteiger partial charge in [-0.15, -0.1) is 10.2 Å². The number of likely N-dealkylation sites (tertiary alicyclic amines) is 1. The van der Waals surface area contributed by atoms with Crippen LogP contribution in [-0.4, -0.2) is 53.4 Å². The molecule has 0 saturated carbocycles. The number of amides is 2. The van der Waals surface area contributed by atoms with Gasteiger partial charge in [0, 0.05) is 38.3 Å². The Labute approximate surface area is 138 Å². The van der Waals surface area contributed by atoms with Crippen LogP contribution in [0.1, 0.15) is 24.6 Å². The van der Waals surface area contributed by atoms with Crippen molar-refractivity contribution in [3.63, 3.8) is 0 Å². The molecule has 124 valence electrons. The molecule has 1 N–H and O–H groups in total. The number of piperidine rings is 1. The van der Waals surface area contributed by atoms with Crippen molar-refractivity contribution in [1.29, 1.82) is 0 Å². The molecule has 0 spiro atoms. The monoisotopic (exact) mass is 326 g/mol. The quantitative estimate of drug-likeness (QED) is 0.765. The van der Waals surface area contributed by atoms with Gasteiger partial charge in [-0.3, -0.25) is 5.32 Å². The van der Waals surface area contributed by atoms with E-state index in [-0.39, 0.29) is 6.03 Å². The van der Waals surface area contributed by atoms with Gasteiger partial charge in [-0.1, -0.05) is 0 Å². The minimum atomic E-state index is -0.116. The molecule has 9 nitrogen and oxygen atoms in total. The van der Waals surface area contributed by atoms with Gasteiger partial charge >= 0.3 is 6.03 Å². The molecule has 24 heavy (non-hydrogen) atoms. The summed E-state index contributed by atoms with van der Waals surface area (Å²) in [4.78, 5) is 18.5. The highest BCUT2D eigenvalue weighted by molar-refractivity contribution is 5.88. The van der Waals surface area contributed by atoms with Gasteiger partial charge in [0.2, 0.25) is 0 Å². The Morgan fingerprint density at radius 2 is 2.08 bits per heavy atom. The highest BCUT2D eigenvalue weighted by Gasteiger charge is 2.26. The third-order valence-corrected chi connectivity index (χ3v) is 4.42. The summed E-state index contributed by atoms with van der Waals surface area (Å²) in [6, 6.07) is 3.42. The Morgan fingerprint density at radius 3 is 2.83 bits per heavy atom. The topological polar surface area (TPSA) is 93.2 Å². The second kappa shape index (κ2) is 5.91. The van der Waals surface area contributed by atoms with Crippen molar-refractivity contribution < 1.29 is 4.79 Å². The zero-order chi connectivity index (χ0) is 16.5. The standard InChI is InChI=1S/C15H18N8O/c1-21-10-17-20-14(21)11-4-8-22(9-5-11)15(24)19-13-2-6-16-12-3-7-18-23(12)13/h2-3,6-7,10-11H,4-5,8-9H2,1H3,(H,19,24). The van der Waals surface area contributed by atoms with Crippen LogP contribution in [0.5, 0.6) is 0 Å². The molecule has 0 aromatic carbocycles. The van der Waals surface area contributed by atoms with Crippen LogP contribution in [0.15, 0.2) is 30.9 Å². The summed E-state index contributed by atoms with van der Waals surface area (Å²) >= 11 is 0. The van der Waals surface area contributed by atoms with Crippen molar-refractivity contribution in [1.82, 2.24) is 34.3 Å². The number of rotatable bonds is 2. The third kappa shape index (κ3) is 2.57. The Morgan fingerprint density at radius 1 is 1.25 bits per heavy atom. The zero-order valence-corrected chi connectivity index (χ0v) is 13.3. The fourth-order valence-electron chi connectivity index (χ4n) is 3.12. The molecule has 3 aromatic heterocycles. The number of hydrogen-bond donors (Lipinski definition) is 1. The molecule has 0 aliphatic carbocycles. The van der Waals surface area contributed by atoms with E-state index >= 15 is 0 Å². The summed E-state index contributed by atoms with van der Waals surface area (Å²) in [6.07, 6.45) is 6.80. The van der Waals surface area contributed by atoms with E-state index in [1.54, 1.807) is 35.4 Å². The lowest BCUT2D eigenvalue weighted by Crippen LogP contribution is -2.41. The molecule has 0 unspecified atom stereocenters.